The van der Waals surface area contributed by atoms with Crippen molar-refractivity contribution in [1.29, 1.82) is 0 Å². The zero-order chi connectivity index (χ0) is 9.90. The normalized spacial score (nSPS) is 11.5. The summed E-state index contributed by atoms with van der Waals surface area (Å²) in [5.41, 5.74) is 1.08. The summed E-state index contributed by atoms with van der Waals surface area (Å²) in [5, 5.41) is 0.146. The number of sulfone groups is 1. The molecule has 1 aromatic rings. The van der Waals surface area contributed by atoms with Gasteiger partial charge in [-0.05, 0) is 18.1 Å². The summed E-state index contributed by atoms with van der Waals surface area (Å²) in [6, 6.07) is 3.37. The maximum absolute atomic E-state index is 11.0. The van der Waals surface area contributed by atoms with Gasteiger partial charge in [-0.2, -0.15) is 0 Å². The zero-order valence-corrected chi connectivity index (χ0v) is 8.63. The van der Waals surface area contributed by atoms with E-state index in [0.29, 0.717) is 0 Å². The molecule has 0 amide bonds. The minimum atomic E-state index is -3.15. The fraction of sp³-hybridized carbons (Fsp3) is 0.444. The molecular weight excluding hydrogens is 186 g/mol. The van der Waals surface area contributed by atoms with E-state index in [1.54, 1.807) is 12.3 Å². The molecule has 0 saturated carbocycles. The van der Waals surface area contributed by atoms with Gasteiger partial charge in [-0.1, -0.05) is 19.4 Å². The molecule has 0 aromatic carbocycles. The second kappa shape index (κ2) is 3.87. The van der Waals surface area contributed by atoms with E-state index >= 15 is 0 Å². The molecule has 0 aliphatic rings. The summed E-state index contributed by atoms with van der Waals surface area (Å²) in [7, 11) is -3.15. The Balaban J connectivity index is 2.94. The van der Waals surface area contributed by atoms with Crippen LogP contribution in [-0.2, 0) is 16.3 Å². The molecule has 1 aromatic heterocycles. The minimum absolute atomic E-state index is 0.146. The first kappa shape index (κ1) is 10.2. The van der Waals surface area contributed by atoms with Crippen molar-refractivity contribution in [2.24, 2.45) is 0 Å². The summed E-state index contributed by atoms with van der Waals surface area (Å²) in [4.78, 5) is 3.88. The first-order valence-electron chi connectivity index (χ1n) is 4.19. The highest BCUT2D eigenvalue weighted by Crippen LogP contribution is 2.07. The van der Waals surface area contributed by atoms with Crippen LogP contribution >= 0.6 is 0 Å². The van der Waals surface area contributed by atoms with E-state index in [-0.39, 0.29) is 5.03 Å². The van der Waals surface area contributed by atoms with Gasteiger partial charge < -0.3 is 0 Å². The highest BCUT2D eigenvalue weighted by molar-refractivity contribution is 7.90. The highest BCUT2D eigenvalue weighted by Gasteiger charge is 2.07. The monoisotopic (exact) mass is 199 g/mol. The van der Waals surface area contributed by atoms with Gasteiger partial charge in [0.2, 0.25) is 0 Å². The molecule has 0 fully saturated rings. The topological polar surface area (TPSA) is 47.0 Å². The number of rotatable bonds is 3. The van der Waals surface area contributed by atoms with Gasteiger partial charge in [0.25, 0.3) is 0 Å². The lowest BCUT2D eigenvalue weighted by molar-refractivity contribution is 0.598. The second-order valence-corrected chi connectivity index (χ2v) is 4.99. The Morgan fingerprint density at radius 1 is 1.38 bits per heavy atom. The molecule has 0 atom stereocenters. The lowest BCUT2D eigenvalue weighted by Crippen LogP contribution is -2.00. The molecule has 0 bridgehead atoms. The van der Waals surface area contributed by atoms with E-state index in [0.717, 1.165) is 24.7 Å². The van der Waals surface area contributed by atoms with Gasteiger partial charge >= 0.3 is 0 Å². The van der Waals surface area contributed by atoms with E-state index < -0.39 is 9.84 Å². The number of aryl methyl sites for hydroxylation is 1. The summed E-state index contributed by atoms with van der Waals surface area (Å²) >= 11 is 0. The van der Waals surface area contributed by atoms with Crippen LogP contribution in [0.4, 0.5) is 0 Å². The van der Waals surface area contributed by atoms with Crippen molar-refractivity contribution in [3.8, 4) is 0 Å². The van der Waals surface area contributed by atoms with E-state index in [2.05, 4.69) is 11.9 Å². The Kier molecular flexibility index (Phi) is 3.03. The van der Waals surface area contributed by atoms with E-state index in [1.165, 1.54) is 0 Å². The Hall–Kier alpha value is -0.900. The molecular formula is C9H13NO2S. The first-order chi connectivity index (χ1) is 6.04. The fourth-order valence-corrected chi connectivity index (χ4v) is 1.63. The van der Waals surface area contributed by atoms with Crippen LogP contribution in [0.1, 0.15) is 18.9 Å². The van der Waals surface area contributed by atoms with Gasteiger partial charge in [-0.3, -0.25) is 0 Å². The molecule has 0 aliphatic heterocycles. The molecule has 0 unspecified atom stereocenters. The Morgan fingerprint density at radius 3 is 2.46 bits per heavy atom. The van der Waals surface area contributed by atoms with Crippen LogP contribution in [0.15, 0.2) is 23.4 Å². The van der Waals surface area contributed by atoms with Crippen LogP contribution in [-0.4, -0.2) is 19.7 Å². The predicted octanol–water partition coefficient (Wildman–Crippen LogP) is 1.44. The SMILES string of the molecule is CCCc1ccc(S(C)(=O)=O)nc1. The Labute approximate surface area is 78.7 Å². The third kappa shape index (κ3) is 2.81. The van der Waals surface area contributed by atoms with E-state index in [9.17, 15) is 8.42 Å². The molecule has 3 nitrogen and oxygen atoms in total. The molecule has 0 spiro atoms. The smallest absolute Gasteiger partial charge is 0.192 e. The van der Waals surface area contributed by atoms with Crippen LogP contribution in [0.25, 0.3) is 0 Å². The summed E-state index contributed by atoms with van der Waals surface area (Å²) < 4.78 is 22.1. The van der Waals surface area contributed by atoms with Crippen molar-refractivity contribution in [2.45, 2.75) is 24.8 Å². The average Bonchev–Trinajstić information content (AvgIpc) is 2.04. The van der Waals surface area contributed by atoms with Crippen molar-refractivity contribution >= 4 is 9.84 Å². The van der Waals surface area contributed by atoms with Crippen molar-refractivity contribution < 1.29 is 8.42 Å². The zero-order valence-electron chi connectivity index (χ0n) is 7.82. The van der Waals surface area contributed by atoms with Crippen LogP contribution in [0, 0.1) is 0 Å². The minimum Gasteiger partial charge on any atom is -0.244 e. The molecule has 4 heteroatoms. The van der Waals surface area contributed by atoms with Crippen molar-refractivity contribution in [3.63, 3.8) is 0 Å². The summed E-state index contributed by atoms with van der Waals surface area (Å²) in [5.74, 6) is 0. The van der Waals surface area contributed by atoms with Crippen LogP contribution in [0.2, 0.25) is 0 Å². The number of hydrogen-bond donors (Lipinski definition) is 0. The quantitative estimate of drug-likeness (QED) is 0.740. The number of aromatic nitrogens is 1. The van der Waals surface area contributed by atoms with Crippen molar-refractivity contribution in [1.82, 2.24) is 4.98 Å². The maximum atomic E-state index is 11.0. The standard InChI is InChI=1S/C9H13NO2S/c1-3-4-8-5-6-9(10-7-8)13(2,11)12/h5-7H,3-4H2,1-2H3. The van der Waals surface area contributed by atoms with E-state index in [1.807, 2.05) is 6.07 Å². The highest BCUT2D eigenvalue weighted by atomic mass is 32.2. The predicted molar refractivity (Wildman–Crippen MR) is 51.3 cm³/mol. The molecule has 0 radical (unpaired) electrons. The Morgan fingerprint density at radius 2 is 2.08 bits per heavy atom. The van der Waals surface area contributed by atoms with Gasteiger partial charge in [0.1, 0.15) is 0 Å². The van der Waals surface area contributed by atoms with Gasteiger partial charge in [0, 0.05) is 12.5 Å². The van der Waals surface area contributed by atoms with Crippen LogP contribution in [0.5, 0.6) is 0 Å². The molecule has 72 valence electrons. The lowest BCUT2D eigenvalue weighted by Gasteiger charge is -1.99. The van der Waals surface area contributed by atoms with Gasteiger partial charge in [0.05, 0.1) is 0 Å². The third-order valence-corrected chi connectivity index (χ3v) is 2.72. The summed E-state index contributed by atoms with van der Waals surface area (Å²) in [6.07, 6.45) is 4.77. The molecule has 13 heavy (non-hydrogen) atoms. The maximum Gasteiger partial charge on any atom is 0.192 e. The van der Waals surface area contributed by atoms with E-state index in [4.69, 9.17) is 0 Å². The fourth-order valence-electron chi connectivity index (χ4n) is 1.07. The van der Waals surface area contributed by atoms with Crippen molar-refractivity contribution in [3.05, 3.63) is 23.9 Å². The number of hydrogen-bond acceptors (Lipinski definition) is 3. The molecule has 1 rings (SSSR count). The number of nitrogens with zero attached hydrogens (tertiary/aromatic N) is 1. The average molecular weight is 199 g/mol. The second-order valence-electron chi connectivity index (χ2n) is 3.03. The van der Waals surface area contributed by atoms with Gasteiger partial charge in [0.15, 0.2) is 14.9 Å². The summed E-state index contributed by atoms with van der Waals surface area (Å²) in [6.45, 7) is 2.07. The van der Waals surface area contributed by atoms with Crippen LogP contribution < -0.4 is 0 Å². The Bertz CT molecular complexity index is 367. The largest absolute Gasteiger partial charge is 0.244 e. The molecule has 1 heterocycles. The molecule has 0 N–H and O–H groups in total. The van der Waals surface area contributed by atoms with Gasteiger partial charge in [-0.15, -0.1) is 0 Å². The first-order valence-corrected chi connectivity index (χ1v) is 6.08. The molecule has 0 saturated heterocycles. The van der Waals surface area contributed by atoms with Gasteiger partial charge in [-0.25, -0.2) is 13.4 Å². The van der Waals surface area contributed by atoms with Crippen LogP contribution in [0.3, 0.4) is 0 Å². The number of pyridine rings is 1. The molecule has 0 aliphatic carbocycles. The lowest BCUT2D eigenvalue weighted by atomic mass is 10.2. The third-order valence-electron chi connectivity index (χ3n) is 1.72. The van der Waals surface area contributed by atoms with Crippen molar-refractivity contribution in [2.75, 3.05) is 6.26 Å².